The lowest BCUT2D eigenvalue weighted by atomic mass is 9.86. The van der Waals surface area contributed by atoms with E-state index in [0.717, 1.165) is 41.0 Å². The highest BCUT2D eigenvalue weighted by molar-refractivity contribution is 9.10. The Kier molecular flexibility index (Phi) is 3.90. The van der Waals surface area contributed by atoms with Gasteiger partial charge in [0.15, 0.2) is 0 Å². The van der Waals surface area contributed by atoms with E-state index in [1.165, 1.54) is 0 Å². The summed E-state index contributed by atoms with van der Waals surface area (Å²) in [6, 6.07) is 5.74. The molecule has 1 heterocycles. The van der Waals surface area contributed by atoms with Gasteiger partial charge in [0.25, 0.3) is 0 Å². The first-order chi connectivity index (χ1) is 7.61. The summed E-state index contributed by atoms with van der Waals surface area (Å²) < 4.78 is 0.979. The van der Waals surface area contributed by atoms with Crippen LogP contribution in [0.3, 0.4) is 0 Å². The summed E-state index contributed by atoms with van der Waals surface area (Å²) in [5.41, 5.74) is 0.396. The van der Waals surface area contributed by atoms with Crippen LogP contribution in [0.2, 0.25) is 5.02 Å². The Morgan fingerprint density at radius 3 is 2.69 bits per heavy atom. The molecule has 1 aromatic carbocycles. The van der Waals surface area contributed by atoms with Gasteiger partial charge in [-0.3, -0.25) is 0 Å². The van der Waals surface area contributed by atoms with Gasteiger partial charge in [-0.15, -0.1) is 0 Å². The number of hydrogen-bond donors (Lipinski definition) is 2. The molecule has 2 nitrogen and oxygen atoms in total. The minimum atomic E-state index is -0.612. The highest BCUT2D eigenvalue weighted by Crippen LogP contribution is 2.31. The minimum Gasteiger partial charge on any atom is -0.389 e. The molecule has 2 rings (SSSR count). The minimum absolute atomic E-state index is 0.612. The maximum atomic E-state index is 10.5. The Bertz CT molecular complexity index is 357. The summed E-state index contributed by atoms with van der Waals surface area (Å²) in [6.07, 6.45) is 2.18. The molecule has 1 aliphatic rings. The molecule has 16 heavy (non-hydrogen) atoms. The molecule has 1 aromatic rings. The predicted octanol–water partition coefficient (Wildman–Crippen LogP) is 2.76. The van der Waals surface area contributed by atoms with Crippen LogP contribution < -0.4 is 5.32 Å². The molecule has 0 atom stereocenters. The first-order valence-corrected chi connectivity index (χ1v) is 6.64. The normalized spacial score (nSPS) is 19.7. The van der Waals surface area contributed by atoms with Crippen molar-refractivity contribution in [3.8, 4) is 0 Å². The topological polar surface area (TPSA) is 32.3 Å². The van der Waals surface area contributed by atoms with E-state index in [0.29, 0.717) is 6.42 Å². The van der Waals surface area contributed by atoms with Crippen LogP contribution in [-0.2, 0) is 6.42 Å². The summed E-state index contributed by atoms with van der Waals surface area (Å²) in [7, 11) is 0. The molecule has 0 spiro atoms. The molecule has 0 aromatic heterocycles. The van der Waals surface area contributed by atoms with Gasteiger partial charge in [-0.05, 0) is 43.6 Å². The van der Waals surface area contributed by atoms with Crippen molar-refractivity contribution in [3.63, 3.8) is 0 Å². The summed E-state index contributed by atoms with van der Waals surface area (Å²) in [4.78, 5) is 0. The molecule has 0 amide bonds. The number of halogens is 2. The van der Waals surface area contributed by atoms with E-state index in [9.17, 15) is 5.11 Å². The van der Waals surface area contributed by atoms with Crippen molar-refractivity contribution >= 4 is 27.5 Å². The van der Waals surface area contributed by atoms with E-state index in [-0.39, 0.29) is 0 Å². The molecule has 2 N–H and O–H groups in total. The van der Waals surface area contributed by atoms with Crippen molar-refractivity contribution in [2.24, 2.45) is 0 Å². The van der Waals surface area contributed by atoms with Gasteiger partial charge in [0.2, 0.25) is 0 Å². The highest BCUT2D eigenvalue weighted by Gasteiger charge is 2.30. The molecule has 88 valence electrons. The van der Waals surface area contributed by atoms with Gasteiger partial charge < -0.3 is 10.4 Å². The zero-order valence-electron chi connectivity index (χ0n) is 8.97. The van der Waals surface area contributed by atoms with Gasteiger partial charge in [-0.1, -0.05) is 33.6 Å². The quantitative estimate of drug-likeness (QED) is 0.880. The third kappa shape index (κ3) is 2.77. The largest absolute Gasteiger partial charge is 0.389 e. The second-order valence-corrected chi connectivity index (χ2v) is 5.61. The first-order valence-electron chi connectivity index (χ1n) is 5.47. The van der Waals surface area contributed by atoms with Crippen LogP contribution in [0.5, 0.6) is 0 Å². The number of piperidine rings is 1. The predicted molar refractivity (Wildman–Crippen MR) is 69.9 cm³/mol. The summed E-state index contributed by atoms with van der Waals surface area (Å²) in [5, 5.41) is 14.4. The van der Waals surface area contributed by atoms with E-state index >= 15 is 0 Å². The fourth-order valence-corrected chi connectivity index (χ4v) is 2.96. The first kappa shape index (κ1) is 12.4. The Labute approximate surface area is 109 Å². The SMILES string of the molecule is OC1(Cc2c(Cl)cccc2Br)CCNCC1. The average Bonchev–Trinajstić information content (AvgIpc) is 2.25. The number of nitrogens with one attached hydrogen (secondary N) is 1. The van der Waals surface area contributed by atoms with Gasteiger partial charge in [0, 0.05) is 15.9 Å². The zero-order valence-corrected chi connectivity index (χ0v) is 11.3. The Morgan fingerprint density at radius 1 is 1.38 bits per heavy atom. The average molecular weight is 305 g/mol. The van der Waals surface area contributed by atoms with Crippen LogP contribution in [0, 0.1) is 0 Å². The lowest BCUT2D eigenvalue weighted by Gasteiger charge is -2.33. The van der Waals surface area contributed by atoms with Gasteiger partial charge >= 0.3 is 0 Å². The summed E-state index contributed by atoms with van der Waals surface area (Å²) >= 11 is 9.64. The van der Waals surface area contributed by atoms with Crippen LogP contribution >= 0.6 is 27.5 Å². The molecule has 1 aliphatic heterocycles. The molecule has 0 saturated carbocycles. The number of rotatable bonds is 2. The zero-order chi connectivity index (χ0) is 11.6. The van der Waals surface area contributed by atoms with Crippen molar-refractivity contribution in [1.82, 2.24) is 5.32 Å². The van der Waals surface area contributed by atoms with Gasteiger partial charge in [-0.25, -0.2) is 0 Å². The third-order valence-corrected chi connectivity index (χ3v) is 4.20. The molecule has 1 saturated heterocycles. The molecule has 0 aliphatic carbocycles. The van der Waals surface area contributed by atoms with Crippen LogP contribution in [0.4, 0.5) is 0 Å². The molecule has 0 unspecified atom stereocenters. The standard InChI is InChI=1S/C12H15BrClNO/c13-10-2-1-3-11(14)9(10)8-12(16)4-6-15-7-5-12/h1-3,15-16H,4-8H2. The lowest BCUT2D eigenvalue weighted by Crippen LogP contribution is -2.43. The molecular weight excluding hydrogens is 289 g/mol. The van der Waals surface area contributed by atoms with Crippen LogP contribution in [0.15, 0.2) is 22.7 Å². The van der Waals surface area contributed by atoms with E-state index in [1.807, 2.05) is 18.2 Å². The summed E-state index contributed by atoms with van der Waals surface area (Å²) in [6.45, 7) is 1.75. The van der Waals surface area contributed by atoms with Crippen molar-refractivity contribution in [1.29, 1.82) is 0 Å². The van der Waals surface area contributed by atoms with E-state index in [1.54, 1.807) is 0 Å². The molecule has 1 fully saturated rings. The van der Waals surface area contributed by atoms with E-state index < -0.39 is 5.60 Å². The Morgan fingerprint density at radius 2 is 2.06 bits per heavy atom. The van der Waals surface area contributed by atoms with E-state index in [2.05, 4.69) is 21.2 Å². The van der Waals surface area contributed by atoms with Crippen molar-refractivity contribution < 1.29 is 5.11 Å². The van der Waals surface area contributed by atoms with Crippen molar-refractivity contribution in [2.45, 2.75) is 24.9 Å². The van der Waals surface area contributed by atoms with Gasteiger partial charge in [0.05, 0.1) is 5.60 Å². The Hall–Kier alpha value is -0.0900. The maximum absolute atomic E-state index is 10.5. The molecule has 0 radical (unpaired) electrons. The number of hydrogen-bond acceptors (Lipinski definition) is 2. The molecule has 0 bridgehead atoms. The third-order valence-electron chi connectivity index (χ3n) is 3.10. The monoisotopic (exact) mass is 303 g/mol. The Balaban J connectivity index is 2.19. The highest BCUT2D eigenvalue weighted by atomic mass is 79.9. The van der Waals surface area contributed by atoms with Crippen molar-refractivity contribution in [2.75, 3.05) is 13.1 Å². The van der Waals surface area contributed by atoms with Crippen LogP contribution in [0.1, 0.15) is 18.4 Å². The second-order valence-electron chi connectivity index (χ2n) is 4.35. The molecule has 4 heteroatoms. The smallest absolute Gasteiger partial charge is 0.0713 e. The van der Waals surface area contributed by atoms with Crippen LogP contribution in [0.25, 0.3) is 0 Å². The molecular formula is C12H15BrClNO. The van der Waals surface area contributed by atoms with Gasteiger partial charge in [0.1, 0.15) is 0 Å². The maximum Gasteiger partial charge on any atom is 0.0713 e. The lowest BCUT2D eigenvalue weighted by molar-refractivity contribution is 0.0107. The second kappa shape index (κ2) is 5.05. The number of aliphatic hydroxyl groups is 1. The van der Waals surface area contributed by atoms with E-state index in [4.69, 9.17) is 11.6 Å². The fraction of sp³-hybridized carbons (Fsp3) is 0.500. The van der Waals surface area contributed by atoms with Crippen molar-refractivity contribution in [3.05, 3.63) is 33.3 Å². The number of benzene rings is 1. The summed E-state index contributed by atoms with van der Waals surface area (Å²) in [5.74, 6) is 0. The van der Waals surface area contributed by atoms with Gasteiger partial charge in [-0.2, -0.15) is 0 Å². The van der Waals surface area contributed by atoms with Crippen LogP contribution in [-0.4, -0.2) is 23.8 Å². The fourth-order valence-electron chi connectivity index (χ4n) is 2.10.